The number of halogens is 1. The van der Waals surface area contributed by atoms with E-state index in [-0.39, 0.29) is 11.7 Å². The van der Waals surface area contributed by atoms with Gasteiger partial charge in [0, 0.05) is 6.42 Å². The van der Waals surface area contributed by atoms with Crippen molar-refractivity contribution in [3.05, 3.63) is 0 Å². The van der Waals surface area contributed by atoms with E-state index in [9.17, 15) is 9.28 Å². The maximum atomic E-state index is 12.3. The quantitative estimate of drug-likeness (QED) is 0.556. The fourth-order valence-corrected chi connectivity index (χ4v) is 0.626. The second-order valence-corrected chi connectivity index (χ2v) is 2.18. The molecular weight excluding hydrogens is 133 g/mol. The Kier molecular flexibility index (Phi) is 4.89. The highest BCUT2D eigenvalue weighted by atomic mass is 19.2. The fourth-order valence-electron chi connectivity index (χ4n) is 0.626. The van der Waals surface area contributed by atoms with E-state index in [0.29, 0.717) is 6.42 Å². The van der Waals surface area contributed by atoms with Gasteiger partial charge in [-0.1, -0.05) is 17.8 Å². The lowest BCUT2D eigenvalue weighted by molar-refractivity contribution is -0.145. The lowest BCUT2D eigenvalue weighted by Gasteiger charge is -2.07. The summed E-state index contributed by atoms with van der Waals surface area (Å²) in [5.74, 6) is -0.399. The van der Waals surface area contributed by atoms with Crippen molar-refractivity contribution in [2.45, 2.75) is 33.1 Å². The smallest absolute Gasteiger partial charge is 0.250 e. The molecule has 0 atom stereocenters. The number of carbonyl (C=O) groups excluding carboxylic acids is 1. The fraction of sp³-hybridized carbons (Fsp3) is 0.857. The zero-order chi connectivity index (χ0) is 7.98. The Morgan fingerprint density at radius 2 is 2.10 bits per heavy atom. The molecule has 2 nitrogen and oxygen atoms in total. The molecule has 0 N–H and O–H groups in total. The van der Waals surface area contributed by atoms with Crippen LogP contribution in [0.4, 0.5) is 4.48 Å². The van der Waals surface area contributed by atoms with Gasteiger partial charge >= 0.3 is 0 Å². The van der Waals surface area contributed by atoms with E-state index in [0.717, 1.165) is 12.8 Å². The molecule has 0 aliphatic carbocycles. The minimum Gasteiger partial charge on any atom is -0.272 e. The van der Waals surface area contributed by atoms with Gasteiger partial charge in [0.1, 0.15) is 0 Å². The molecule has 1 amide bonds. The highest BCUT2D eigenvalue weighted by molar-refractivity contribution is 5.74. The van der Waals surface area contributed by atoms with Crippen molar-refractivity contribution in [1.29, 1.82) is 0 Å². The van der Waals surface area contributed by atoms with Gasteiger partial charge in [-0.25, -0.2) is 0 Å². The summed E-state index contributed by atoms with van der Waals surface area (Å²) in [7, 11) is 0. The summed E-state index contributed by atoms with van der Waals surface area (Å²) in [6.07, 6.45) is 2.05. The standard InChI is InChI=1S/C7H14FNO/c1-3-5-6-7(10)9(8)4-2/h3-6H2,1-2H3. The van der Waals surface area contributed by atoms with Gasteiger partial charge in [-0.15, -0.1) is 0 Å². The average Bonchev–Trinajstić information content (AvgIpc) is 1.98. The predicted octanol–water partition coefficient (Wildman–Crippen LogP) is 1.91. The van der Waals surface area contributed by atoms with Gasteiger partial charge in [0.2, 0.25) is 5.91 Å². The van der Waals surface area contributed by atoms with Crippen molar-refractivity contribution in [3.63, 3.8) is 0 Å². The van der Waals surface area contributed by atoms with E-state index >= 15 is 0 Å². The third-order valence-electron chi connectivity index (χ3n) is 1.29. The Balaban J connectivity index is 3.42. The second-order valence-electron chi connectivity index (χ2n) is 2.18. The number of amides is 1. The molecule has 0 aromatic rings. The summed E-state index contributed by atoms with van der Waals surface area (Å²) in [5.41, 5.74) is 0. The molecule has 0 aromatic heterocycles. The molecule has 0 rings (SSSR count). The summed E-state index contributed by atoms with van der Waals surface area (Å²) in [6, 6.07) is 0. The molecule has 0 unspecified atom stereocenters. The van der Waals surface area contributed by atoms with Crippen molar-refractivity contribution < 1.29 is 9.28 Å². The molecule has 0 heterocycles. The molecule has 0 fully saturated rings. The zero-order valence-electron chi connectivity index (χ0n) is 6.56. The Morgan fingerprint density at radius 1 is 1.50 bits per heavy atom. The first-order chi connectivity index (χ1) is 4.72. The van der Waals surface area contributed by atoms with Gasteiger partial charge in [-0.3, -0.25) is 4.79 Å². The van der Waals surface area contributed by atoms with Crippen molar-refractivity contribution in [2.24, 2.45) is 0 Å². The molecule has 0 aliphatic rings. The summed E-state index contributed by atoms with van der Waals surface area (Å²) >= 11 is 0. The highest BCUT2D eigenvalue weighted by Gasteiger charge is 2.07. The SMILES string of the molecule is CCCCC(=O)N(F)CC. The van der Waals surface area contributed by atoms with Gasteiger partial charge in [0.15, 0.2) is 0 Å². The maximum Gasteiger partial charge on any atom is 0.250 e. The summed E-state index contributed by atoms with van der Waals surface area (Å²) in [6.45, 7) is 3.74. The first-order valence-corrected chi connectivity index (χ1v) is 3.68. The van der Waals surface area contributed by atoms with Crippen LogP contribution in [-0.2, 0) is 4.79 Å². The van der Waals surface area contributed by atoms with Gasteiger partial charge in [-0.2, -0.15) is 5.12 Å². The second kappa shape index (κ2) is 5.21. The van der Waals surface area contributed by atoms with E-state index in [1.807, 2.05) is 6.92 Å². The lowest BCUT2D eigenvalue weighted by atomic mass is 10.2. The van der Waals surface area contributed by atoms with Crippen molar-refractivity contribution >= 4 is 5.91 Å². The topological polar surface area (TPSA) is 20.3 Å². The zero-order valence-corrected chi connectivity index (χ0v) is 6.56. The van der Waals surface area contributed by atoms with Gasteiger partial charge in [0.05, 0.1) is 6.54 Å². The number of carbonyl (C=O) groups is 1. The van der Waals surface area contributed by atoms with Crippen LogP contribution in [0.1, 0.15) is 33.1 Å². The van der Waals surface area contributed by atoms with E-state index in [2.05, 4.69) is 0 Å². The van der Waals surface area contributed by atoms with Gasteiger partial charge in [0.25, 0.3) is 0 Å². The molecular formula is C7H14FNO. The largest absolute Gasteiger partial charge is 0.272 e. The predicted molar refractivity (Wildman–Crippen MR) is 38.0 cm³/mol. The van der Waals surface area contributed by atoms with E-state index in [1.165, 1.54) is 0 Å². The molecule has 10 heavy (non-hydrogen) atoms. The molecule has 0 bridgehead atoms. The van der Waals surface area contributed by atoms with Crippen molar-refractivity contribution in [1.82, 2.24) is 5.12 Å². The third-order valence-corrected chi connectivity index (χ3v) is 1.29. The summed E-state index contributed by atoms with van der Waals surface area (Å²) in [4.78, 5) is 10.7. The van der Waals surface area contributed by atoms with Crippen LogP contribution in [0.15, 0.2) is 0 Å². The van der Waals surface area contributed by atoms with Gasteiger partial charge < -0.3 is 0 Å². The first-order valence-electron chi connectivity index (χ1n) is 3.68. The molecule has 0 aromatic carbocycles. The number of unbranched alkanes of at least 4 members (excludes halogenated alkanes) is 1. The Morgan fingerprint density at radius 3 is 2.50 bits per heavy atom. The van der Waals surface area contributed by atoms with Crippen LogP contribution >= 0.6 is 0 Å². The molecule has 0 radical (unpaired) electrons. The van der Waals surface area contributed by atoms with E-state index in [4.69, 9.17) is 0 Å². The molecule has 60 valence electrons. The normalized spacial score (nSPS) is 9.50. The molecule has 0 aliphatic heterocycles. The average molecular weight is 147 g/mol. The van der Waals surface area contributed by atoms with Crippen LogP contribution in [0.25, 0.3) is 0 Å². The van der Waals surface area contributed by atoms with Crippen molar-refractivity contribution in [3.8, 4) is 0 Å². The molecule has 0 saturated carbocycles. The van der Waals surface area contributed by atoms with Crippen LogP contribution in [0.2, 0.25) is 0 Å². The minimum atomic E-state index is -0.399. The highest BCUT2D eigenvalue weighted by Crippen LogP contribution is 1.99. The van der Waals surface area contributed by atoms with E-state index in [1.54, 1.807) is 6.92 Å². The van der Waals surface area contributed by atoms with Crippen LogP contribution in [0.3, 0.4) is 0 Å². The van der Waals surface area contributed by atoms with Crippen LogP contribution in [-0.4, -0.2) is 17.6 Å². The van der Waals surface area contributed by atoms with Crippen LogP contribution in [0, 0.1) is 0 Å². The van der Waals surface area contributed by atoms with Crippen LogP contribution < -0.4 is 0 Å². The molecule has 3 heteroatoms. The first kappa shape index (κ1) is 9.40. The monoisotopic (exact) mass is 147 g/mol. The lowest BCUT2D eigenvalue weighted by Crippen LogP contribution is -2.21. The number of rotatable bonds is 4. The number of hydrogen-bond acceptors (Lipinski definition) is 1. The number of hydrogen-bond donors (Lipinski definition) is 0. The third kappa shape index (κ3) is 3.43. The molecule has 0 spiro atoms. The Bertz CT molecular complexity index is 106. The minimum absolute atomic E-state index is 0.155. The molecule has 0 saturated heterocycles. The Labute approximate surface area is 61.0 Å². The van der Waals surface area contributed by atoms with E-state index < -0.39 is 5.91 Å². The summed E-state index contributed by atoms with van der Waals surface area (Å²) in [5, 5.41) is 0.260. The van der Waals surface area contributed by atoms with Gasteiger partial charge in [-0.05, 0) is 13.3 Å². The van der Waals surface area contributed by atoms with Crippen LogP contribution in [0.5, 0.6) is 0 Å². The Hall–Kier alpha value is -0.600. The van der Waals surface area contributed by atoms with Crippen molar-refractivity contribution in [2.75, 3.05) is 6.54 Å². The number of nitrogens with zero attached hydrogens (tertiary/aromatic N) is 1. The summed E-state index contributed by atoms with van der Waals surface area (Å²) < 4.78 is 12.3. The maximum absolute atomic E-state index is 12.3.